The van der Waals surface area contributed by atoms with Crippen LogP contribution in [-0.2, 0) is 20.7 Å². The van der Waals surface area contributed by atoms with Gasteiger partial charge in [0, 0.05) is 31.1 Å². The number of aryl methyl sites for hydroxylation is 1. The lowest BCUT2D eigenvalue weighted by Gasteiger charge is -2.50. The third-order valence-electron chi connectivity index (χ3n) is 6.91. The lowest BCUT2D eigenvalue weighted by Crippen LogP contribution is -2.49. The van der Waals surface area contributed by atoms with Gasteiger partial charge >= 0.3 is 5.97 Å². The molecule has 3 aliphatic carbocycles. The number of ketones is 1. The van der Waals surface area contributed by atoms with E-state index in [4.69, 9.17) is 4.74 Å². The number of hydrogen-bond donors (Lipinski definition) is 0. The van der Waals surface area contributed by atoms with E-state index in [1.54, 1.807) is 0 Å². The first-order chi connectivity index (χ1) is 11.4. The molecule has 3 aliphatic rings. The molecule has 0 radical (unpaired) electrons. The summed E-state index contributed by atoms with van der Waals surface area (Å²) < 4.78 is 5.80. The number of rotatable bonds is 1. The standard InChI is InChI=1S/C21H26O3/c1-12-4-5-15-14(10-12)11-18(24-13(2)22)20-16(15)8-9-21(3)17(20)6-7-19(21)23/h4-5,10,16-18,20H,6-9,11H2,1-3H3/t16?,17?,18-,20?,21-/m0/s1. The molecule has 0 spiro atoms. The second kappa shape index (κ2) is 5.44. The number of carbonyl (C=O) groups is 2. The largest absolute Gasteiger partial charge is 0.462 e. The number of benzene rings is 1. The second-order valence-corrected chi connectivity index (χ2v) is 8.26. The molecule has 0 saturated heterocycles. The Morgan fingerprint density at radius 1 is 1.29 bits per heavy atom. The lowest BCUT2D eigenvalue weighted by molar-refractivity contribution is -0.155. The molecular weight excluding hydrogens is 300 g/mol. The zero-order valence-electron chi connectivity index (χ0n) is 14.8. The Kier molecular flexibility index (Phi) is 3.59. The maximum absolute atomic E-state index is 12.5. The average molecular weight is 326 g/mol. The van der Waals surface area contributed by atoms with Crippen LogP contribution < -0.4 is 0 Å². The van der Waals surface area contributed by atoms with Crippen LogP contribution in [0.1, 0.15) is 62.1 Å². The molecule has 24 heavy (non-hydrogen) atoms. The summed E-state index contributed by atoms with van der Waals surface area (Å²) in [5, 5.41) is 0. The highest BCUT2D eigenvalue weighted by atomic mass is 16.5. The van der Waals surface area contributed by atoms with E-state index in [-0.39, 0.29) is 23.4 Å². The number of ether oxygens (including phenoxy) is 1. The summed E-state index contributed by atoms with van der Waals surface area (Å²) in [6.07, 6.45) is 4.35. The molecule has 3 heteroatoms. The summed E-state index contributed by atoms with van der Waals surface area (Å²) in [6.45, 7) is 5.77. The highest BCUT2D eigenvalue weighted by molar-refractivity contribution is 5.87. The molecule has 4 rings (SSSR count). The predicted octanol–water partition coefficient (Wildman–Crippen LogP) is 3.96. The van der Waals surface area contributed by atoms with E-state index in [0.717, 1.165) is 25.7 Å². The Balaban J connectivity index is 1.78. The summed E-state index contributed by atoms with van der Waals surface area (Å²) >= 11 is 0. The van der Waals surface area contributed by atoms with E-state index in [0.29, 0.717) is 24.0 Å². The molecule has 0 bridgehead atoms. The fourth-order valence-electron chi connectivity index (χ4n) is 5.81. The first kappa shape index (κ1) is 15.9. The van der Waals surface area contributed by atoms with Crippen LogP contribution in [0.3, 0.4) is 0 Å². The molecule has 2 saturated carbocycles. The van der Waals surface area contributed by atoms with Gasteiger partial charge < -0.3 is 4.74 Å². The monoisotopic (exact) mass is 326 g/mol. The van der Waals surface area contributed by atoms with Crippen molar-refractivity contribution >= 4 is 11.8 Å². The Morgan fingerprint density at radius 3 is 2.83 bits per heavy atom. The number of esters is 1. The second-order valence-electron chi connectivity index (χ2n) is 8.26. The number of carbonyl (C=O) groups excluding carboxylic acids is 2. The Morgan fingerprint density at radius 2 is 2.08 bits per heavy atom. The SMILES string of the molecule is CC(=O)O[C@H]1Cc2cc(C)ccc2C2CC[C@]3(C)C(=O)CCC3C21. The number of hydrogen-bond acceptors (Lipinski definition) is 3. The van der Waals surface area contributed by atoms with Gasteiger partial charge in [0.2, 0.25) is 0 Å². The van der Waals surface area contributed by atoms with Crippen molar-refractivity contribution in [2.45, 2.75) is 64.9 Å². The predicted molar refractivity (Wildman–Crippen MR) is 91.7 cm³/mol. The molecule has 0 heterocycles. The molecule has 128 valence electrons. The van der Waals surface area contributed by atoms with Crippen molar-refractivity contribution in [1.82, 2.24) is 0 Å². The van der Waals surface area contributed by atoms with Gasteiger partial charge in [-0.05, 0) is 49.1 Å². The minimum Gasteiger partial charge on any atom is -0.462 e. The molecule has 0 aromatic heterocycles. The van der Waals surface area contributed by atoms with Crippen molar-refractivity contribution < 1.29 is 14.3 Å². The van der Waals surface area contributed by atoms with Gasteiger partial charge in [-0.15, -0.1) is 0 Å². The maximum atomic E-state index is 12.5. The fourth-order valence-corrected chi connectivity index (χ4v) is 5.81. The van der Waals surface area contributed by atoms with Crippen LogP contribution in [0, 0.1) is 24.2 Å². The van der Waals surface area contributed by atoms with Crippen LogP contribution >= 0.6 is 0 Å². The van der Waals surface area contributed by atoms with Gasteiger partial charge in [0.15, 0.2) is 0 Å². The van der Waals surface area contributed by atoms with Crippen molar-refractivity contribution in [3.8, 4) is 0 Å². The van der Waals surface area contributed by atoms with E-state index >= 15 is 0 Å². The van der Waals surface area contributed by atoms with Gasteiger partial charge in [-0.3, -0.25) is 9.59 Å². The summed E-state index contributed by atoms with van der Waals surface area (Å²) in [5.74, 6) is 1.27. The van der Waals surface area contributed by atoms with Crippen molar-refractivity contribution in [1.29, 1.82) is 0 Å². The van der Waals surface area contributed by atoms with Gasteiger partial charge in [-0.2, -0.15) is 0 Å². The van der Waals surface area contributed by atoms with E-state index in [9.17, 15) is 9.59 Å². The van der Waals surface area contributed by atoms with Crippen LogP contribution in [0.2, 0.25) is 0 Å². The zero-order chi connectivity index (χ0) is 17.1. The highest BCUT2D eigenvalue weighted by Gasteiger charge is 2.57. The Bertz CT molecular complexity index is 707. The van der Waals surface area contributed by atoms with Crippen molar-refractivity contribution in [2.75, 3.05) is 0 Å². The topological polar surface area (TPSA) is 43.4 Å². The Labute approximate surface area is 143 Å². The molecule has 0 amide bonds. The van der Waals surface area contributed by atoms with E-state index in [2.05, 4.69) is 32.0 Å². The first-order valence-corrected chi connectivity index (χ1v) is 9.20. The van der Waals surface area contributed by atoms with E-state index in [1.165, 1.54) is 23.6 Å². The van der Waals surface area contributed by atoms with E-state index in [1.807, 2.05) is 0 Å². The van der Waals surface area contributed by atoms with Crippen LogP contribution in [0.4, 0.5) is 0 Å². The quantitative estimate of drug-likeness (QED) is 0.734. The molecule has 3 unspecified atom stereocenters. The molecular formula is C21H26O3. The van der Waals surface area contributed by atoms with Gasteiger partial charge in [-0.1, -0.05) is 30.7 Å². The van der Waals surface area contributed by atoms with Gasteiger partial charge in [0.25, 0.3) is 0 Å². The van der Waals surface area contributed by atoms with Crippen molar-refractivity contribution in [2.24, 2.45) is 17.3 Å². The third kappa shape index (κ3) is 2.24. The molecule has 2 fully saturated rings. The zero-order valence-corrected chi connectivity index (χ0v) is 14.8. The third-order valence-corrected chi connectivity index (χ3v) is 6.91. The summed E-state index contributed by atoms with van der Waals surface area (Å²) in [7, 11) is 0. The van der Waals surface area contributed by atoms with Crippen LogP contribution in [-0.4, -0.2) is 17.9 Å². The molecule has 5 atom stereocenters. The van der Waals surface area contributed by atoms with Gasteiger partial charge in [0.05, 0.1) is 0 Å². The molecule has 0 N–H and O–H groups in total. The minimum absolute atomic E-state index is 0.0858. The lowest BCUT2D eigenvalue weighted by atomic mass is 9.54. The van der Waals surface area contributed by atoms with Crippen LogP contribution in [0.5, 0.6) is 0 Å². The fraction of sp³-hybridized carbons (Fsp3) is 0.619. The highest BCUT2D eigenvalue weighted by Crippen LogP contribution is 2.60. The summed E-state index contributed by atoms with van der Waals surface area (Å²) in [6, 6.07) is 6.71. The van der Waals surface area contributed by atoms with Crippen molar-refractivity contribution in [3.63, 3.8) is 0 Å². The Hall–Kier alpha value is -1.64. The normalized spacial score (nSPS) is 37.4. The summed E-state index contributed by atoms with van der Waals surface area (Å²) in [4.78, 5) is 24.2. The van der Waals surface area contributed by atoms with Gasteiger partial charge in [-0.25, -0.2) is 0 Å². The minimum atomic E-state index is -0.207. The van der Waals surface area contributed by atoms with Crippen LogP contribution in [0.25, 0.3) is 0 Å². The molecule has 1 aromatic rings. The van der Waals surface area contributed by atoms with Gasteiger partial charge in [0.1, 0.15) is 11.9 Å². The number of fused-ring (bicyclic) bond motifs is 5. The number of Topliss-reactive ketones (excluding diaryl/α,β-unsaturated/α-hetero) is 1. The smallest absolute Gasteiger partial charge is 0.302 e. The molecule has 0 aliphatic heterocycles. The van der Waals surface area contributed by atoms with Crippen molar-refractivity contribution in [3.05, 3.63) is 34.9 Å². The first-order valence-electron chi connectivity index (χ1n) is 9.20. The average Bonchev–Trinajstić information content (AvgIpc) is 2.82. The molecule has 3 nitrogen and oxygen atoms in total. The maximum Gasteiger partial charge on any atom is 0.302 e. The molecule has 1 aromatic carbocycles. The van der Waals surface area contributed by atoms with E-state index < -0.39 is 0 Å². The summed E-state index contributed by atoms with van der Waals surface area (Å²) in [5.41, 5.74) is 3.80. The van der Waals surface area contributed by atoms with Crippen LogP contribution in [0.15, 0.2) is 18.2 Å².